The summed E-state index contributed by atoms with van der Waals surface area (Å²) in [5.41, 5.74) is 3.58. The van der Waals surface area contributed by atoms with E-state index in [1.807, 2.05) is 62.8 Å². The molecule has 2 aromatic heterocycles. The molecule has 0 bridgehead atoms. The second kappa shape index (κ2) is 7.33. The minimum absolute atomic E-state index is 0.00884. The molecule has 0 radical (unpaired) electrons. The van der Waals surface area contributed by atoms with Gasteiger partial charge in [-0.1, -0.05) is 12.1 Å². The lowest BCUT2D eigenvalue weighted by molar-refractivity contribution is 0.209. The van der Waals surface area contributed by atoms with Crippen molar-refractivity contribution in [2.45, 2.75) is 33.7 Å². The molecule has 26 heavy (non-hydrogen) atoms. The summed E-state index contributed by atoms with van der Waals surface area (Å²) in [5, 5.41) is 7.57. The molecule has 0 spiro atoms. The summed E-state index contributed by atoms with van der Waals surface area (Å²) in [5.74, 6) is 0. The van der Waals surface area contributed by atoms with Gasteiger partial charge in [-0.25, -0.2) is 9.48 Å². The molecule has 0 aliphatic rings. The van der Waals surface area contributed by atoms with Crippen LogP contribution in [0.25, 0.3) is 5.69 Å². The maximum atomic E-state index is 12.8. The molecule has 2 amide bonds. The molecule has 0 fully saturated rings. The highest BCUT2D eigenvalue weighted by Crippen LogP contribution is 2.27. The van der Waals surface area contributed by atoms with Crippen molar-refractivity contribution in [2.75, 3.05) is 12.4 Å². The Bertz CT molecular complexity index is 928. The number of aromatic nitrogens is 2. The SMILES string of the molecule is Cc1cc(C)n(-c2ccccc2NC(=O)N(C)[C@H](C)c2ccc(C)s2)n1. The zero-order chi connectivity index (χ0) is 18.8. The van der Waals surface area contributed by atoms with Gasteiger partial charge in [0.1, 0.15) is 0 Å². The molecule has 3 rings (SSSR count). The number of rotatable bonds is 4. The van der Waals surface area contributed by atoms with Crippen LogP contribution in [-0.4, -0.2) is 27.8 Å². The molecule has 0 saturated heterocycles. The van der Waals surface area contributed by atoms with Crippen molar-refractivity contribution < 1.29 is 4.79 Å². The molecule has 1 atom stereocenters. The van der Waals surface area contributed by atoms with E-state index in [0.29, 0.717) is 0 Å². The molecular formula is C20H24N4OS. The number of hydrogen-bond donors (Lipinski definition) is 1. The Kier molecular flexibility index (Phi) is 5.13. The number of amides is 2. The van der Waals surface area contributed by atoms with Crippen molar-refractivity contribution >= 4 is 23.1 Å². The van der Waals surface area contributed by atoms with Gasteiger partial charge >= 0.3 is 6.03 Å². The smallest absolute Gasteiger partial charge is 0.320 e. The Morgan fingerprint density at radius 3 is 2.54 bits per heavy atom. The molecule has 0 aliphatic carbocycles. The average molecular weight is 369 g/mol. The topological polar surface area (TPSA) is 50.2 Å². The molecule has 1 N–H and O–H groups in total. The van der Waals surface area contributed by atoms with E-state index < -0.39 is 0 Å². The zero-order valence-corrected chi connectivity index (χ0v) is 16.6. The number of carbonyl (C=O) groups is 1. The molecule has 2 heterocycles. The molecule has 3 aromatic rings. The highest BCUT2D eigenvalue weighted by molar-refractivity contribution is 7.12. The number of nitrogens with zero attached hydrogens (tertiary/aromatic N) is 3. The van der Waals surface area contributed by atoms with Crippen molar-refractivity contribution in [1.82, 2.24) is 14.7 Å². The highest BCUT2D eigenvalue weighted by atomic mass is 32.1. The third-order valence-electron chi connectivity index (χ3n) is 4.46. The largest absolute Gasteiger partial charge is 0.322 e. The standard InChI is InChI=1S/C20H24N4OS/c1-13-12-14(2)24(22-13)18-9-7-6-8-17(18)21-20(25)23(5)16(4)19-11-10-15(3)26-19/h6-12,16H,1-5H3,(H,21,25)/t16-/m1/s1. The van der Waals surface area contributed by atoms with E-state index in [-0.39, 0.29) is 12.1 Å². The Labute approximate surface area is 158 Å². The van der Waals surface area contributed by atoms with E-state index in [9.17, 15) is 4.79 Å². The predicted molar refractivity (Wildman–Crippen MR) is 107 cm³/mol. The molecular weight excluding hydrogens is 344 g/mol. The summed E-state index contributed by atoms with van der Waals surface area (Å²) < 4.78 is 1.86. The third kappa shape index (κ3) is 3.65. The average Bonchev–Trinajstić information content (AvgIpc) is 3.19. The molecule has 136 valence electrons. The van der Waals surface area contributed by atoms with Crippen molar-refractivity contribution in [1.29, 1.82) is 0 Å². The van der Waals surface area contributed by atoms with Crippen LogP contribution in [0.4, 0.5) is 10.5 Å². The summed E-state index contributed by atoms with van der Waals surface area (Å²) in [6, 6.07) is 13.8. The van der Waals surface area contributed by atoms with Crippen molar-refractivity contribution in [3.8, 4) is 5.69 Å². The van der Waals surface area contributed by atoms with Crippen LogP contribution in [0.2, 0.25) is 0 Å². The second-order valence-electron chi connectivity index (χ2n) is 6.52. The van der Waals surface area contributed by atoms with Gasteiger partial charge in [-0.3, -0.25) is 0 Å². The van der Waals surface area contributed by atoms with Crippen LogP contribution in [-0.2, 0) is 0 Å². The Hall–Kier alpha value is -2.60. The van der Waals surface area contributed by atoms with E-state index >= 15 is 0 Å². The van der Waals surface area contributed by atoms with Gasteiger partial charge in [0, 0.05) is 22.5 Å². The van der Waals surface area contributed by atoms with Gasteiger partial charge in [0.25, 0.3) is 0 Å². The Balaban J connectivity index is 1.83. The fraction of sp³-hybridized carbons (Fsp3) is 0.300. The first kappa shape index (κ1) is 18.2. The number of urea groups is 1. The number of hydrogen-bond acceptors (Lipinski definition) is 3. The lowest BCUT2D eigenvalue weighted by atomic mass is 10.2. The molecule has 6 heteroatoms. The van der Waals surface area contributed by atoms with Gasteiger partial charge in [-0.05, 0) is 58.0 Å². The predicted octanol–water partition coefficient (Wildman–Crippen LogP) is 5.08. The number of nitrogens with one attached hydrogen (secondary N) is 1. The highest BCUT2D eigenvalue weighted by Gasteiger charge is 2.20. The minimum atomic E-state index is -0.141. The number of para-hydroxylation sites is 2. The lowest BCUT2D eigenvalue weighted by Gasteiger charge is -2.25. The zero-order valence-electron chi connectivity index (χ0n) is 15.8. The van der Waals surface area contributed by atoms with Crippen molar-refractivity contribution in [2.24, 2.45) is 0 Å². The van der Waals surface area contributed by atoms with Crippen LogP contribution in [0.5, 0.6) is 0 Å². The van der Waals surface area contributed by atoms with Crippen LogP contribution in [0, 0.1) is 20.8 Å². The Morgan fingerprint density at radius 1 is 1.19 bits per heavy atom. The quantitative estimate of drug-likeness (QED) is 0.698. The van der Waals surface area contributed by atoms with Gasteiger partial charge in [0.05, 0.1) is 23.1 Å². The number of aryl methyl sites for hydroxylation is 3. The molecule has 5 nitrogen and oxygen atoms in total. The van der Waals surface area contributed by atoms with Crippen LogP contribution >= 0.6 is 11.3 Å². The van der Waals surface area contributed by atoms with E-state index in [1.165, 1.54) is 9.75 Å². The van der Waals surface area contributed by atoms with E-state index in [1.54, 1.807) is 16.2 Å². The van der Waals surface area contributed by atoms with Crippen LogP contribution in [0.3, 0.4) is 0 Å². The van der Waals surface area contributed by atoms with E-state index in [2.05, 4.69) is 29.5 Å². The molecule has 0 unspecified atom stereocenters. The fourth-order valence-electron chi connectivity index (χ4n) is 2.88. The van der Waals surface area contributed by atoms with Gasteiger partial charge in [-0.2, -0.15) is 5.10 Å². The molecule has 0 aliphatic heterocycles. The van der Waals surface area contributed by atoms with Gasteiger partial charge in [0.2, 0.25) is 0 Å². The minimum Gasteiger partial charge on any atom is -0.320 e. The molecule has 1 aromatic carbocycles. The van der Waals surface area contributed by atoms with Crippen molar-refractivity contribution in [3.63, 3.8) is 0 Å². The normalized spacial score (nSPS) is 12.0. The number of anilines is 1. The summed E-state index contributed by atoms with van der Waals surface area (Å²) in [7, 11) is 1.82. The van der Waals surface area contributed by atoms with Gasteiger partial charge in [0.15, 0.2) is 0 Å². The summed E-state index contributed by atoms with van der Waals surface area (Å²) in [6.07, 6.45) is 0. The fourth-order valence-corrected chi connectivity index (χ4v) is 3.86. The lowest BCUT2D eigenvalue weighted by Crippen LogP contribution is -2.33. The first-order chi connectivity index (χ1) is 12.4. The summed E-state index contributed by atoms with van der Waals surface area (Å²) in [4.78, 5) is 16.9. The van der Waals surface area contributed by atoms with Crippen molar-refractivity contribution in [3.05, 3.63) is 63.6 Å². The van der Waals surface area contributed by atoms with E-state index in [4.69, 9.17) is 0 Å². The molecule has 0 saturated carbocycles. The second-order valence-corrected chi connectivity index (χ2v) is 7.84. The monoisotopic (exact) mass is 368 g/mol. The van der Waals surface area contributed by atoms with Gasteiger partial charge < -0.3 is 10.2 Å². The van der Waals surface area contributed by atoms with Crippen LogP contribution in [0.15, 0.2) is 42.5 Å². The number of benzene rings is 1. The first-order valence-corrected chi connectivity index (χ1v) is 9.41. The van der Waals surface area contributed by atoms with Gasteiger partial charge in [-0.15, -0.1) is 11.3 Å². The summed E-state index contributed by atoms with van der Waals surface area (Å²) >= 11 is 1.72. The van der Waals surface area contributed by atoms with E-state index in [0.717, 1.165) is 22.8 Å². The maximum Gasteiger partial charge on any atom is 0.322 e. The van der Waals surface area contributed by atoms with Crippen LogP contribution in [0.1, 0.15) is 34.1 Å². The third-order valence-corrected chi connectivity index (χ3v) is 5.63. The van der Waals surface area contributed by atoms with Crippen LogP contribution < -0.4 is 5.32 Å². The summed E-state index contributed by atoms with van der Waals surface area (Å²) in [6.45, 7) is 8.08. The number of carbonyl (C=O) groups excluding carboxylic acids is 1. The first-order valence-electron chi connectivity index (χ1n) is 8.59. The maximum absolute atomic E-state index is 12.8. The Morgan fingerprint density at radius 2 is 1.92 bits per heavy atom. The number of thiophene rings is 1.